The Balaban J connectivity index is 0.00000312. The van der Waals surface area contributed by atoms with Crippen molar-refractivity contribution in [1.29, 1.82) is 0 Å². The SMILES string of the molecule is CNC(C)Cc1noc(-c2cccc(S(=O)(=O)N(C)C(C)C)c2)n1.Cl. The molecule has 2 aromatic rings. The van der Waals surface area contributed by atoms with Crippen molar-refractivity contribution in [3.63, 3.8) is 0 Å². The summed E-state index contributed by atoms with van der Waals surface area (Å²) in [6.07, 6.45) is 0.633. The Labute approximate surface area is 155 Å². The molecule has 0 aliphatic rings. The number of nitrogens with zero attached hydrogens (tertiary/aromatic N) is 3. The van der Waals surface area contributed by atoms with Crippen molar-refractivity contribution >= 4 is 22.4 Å². The molecule has 7 nitrogen and oxygen atoms in total. The van der Waals surface area contributed by atoms with Gasteiger partial charge in [0, 0.05) is 31.1 Å². The summed E-state index contributed by atoms with van der Waals surface area (Å²) in [6, 6.07) is 6.66. The number of hydrogen-bond donors (Lipinski definition) is 1. The van der Waals surface area contributed by atoms with Crippen molar-refractivity contribution in [2.24, 2.45) is 0 Å². The Morgan fingerprint density at radius 1 is 1.28 bits per heavy atom. The summed E-state index contributed by atoms with van der Waals surface area (Å²) < 4.78 is 31.8. The molecular weight excluding hydrogens is 364 g/mol. The fraction of sp³-hybridized carbons (Fsp3) is 0.500. The van der Waals surface area contributed by atoms with Gasteiger partial charge >= 0.3 is 0 Å². The van der Waals surface area contributed by atoms with Crippen LogP contribution in [0.5, 0.6) is 0 Å². The zero-order valence-electron chi connectivity index (χ0n) is 15.1. The van der Waals surface area contributed by atoms with Crippen LogP contribution >= 0.6 is 12.4 Å². The highest BCUT2D eigenvalue weighted by Gasteiger charge is 2.24. The maximum Gasteiger partial charge on any atom is 0.257 e. The summed E-state index contributed by atoms with van der Waals surface area (Å²) in [7, 11) is -0.119. The van der Waals surface area contributed by atoms with Crippen LogP contribution < -0.4 is 5.32 Å². The maximum atomic E-state index is 12.6. The number of rotatable bonds is 7. The van der Waals surface area contributed by atoms with E-state index in [2.05, 4.69) is 15.5 Å². The van der Waals surface area contributed by atoms with Gasteiger partial charge in [-0.05, 0) is 46.0 Å². The molecule has 25 heavy (non-hydrogen) atoms. The van der Waals surface area contributed by atoms with Crippen molar-refractivity contribution < 1.29 is 12.9 Å². The molecule has 1 unspecified atom stereocenters. The smallest absolute Gasteiger partial charge is 0.257 e. The van der Waals surface area contributed by atoms with E-state index in [1.54, 1.807) is 31.3 Å². The number of nitrogens with one attached hydrogen (secondary N) is 1. The minimum atomic E-state index is -3.55. The highest BCUT2D eigenvalue weighted by Crippen LogP contribution is 2.23. The molecule has 1 aromatic heterocycles. The molecule has 0 radical (unpaired) electrons. The zero-order valence-corrected chi connectivity index (χ0v) is 16.7. The van der Waals surface area contributed by atoms with E-state index in [0.717, 1.165) is 0 Å². The fourth-order valence-electron chi connectivity index (χ4n) is 2.06. The van der Waals surface area contributed by atoms with Gasteiger partial charge in [0.2, 0.25) is 10.0 Å². The molecule has 0 saturated heterocycles. The van der Waals surface area contributed by atoms with Crippen LogP contribution in [0.15, 0.2) is 33.7 Å². The molecule has 2 rings (SSSR count). The van der Waals surface area contributed by atoms with Gasteiger partial charge in [0.25, 0.3) is 5.89 Å². The lowest BCUT2D eigenvalue weighted by atomic mass is 10.2. The molecule has 1 heterocycles. The van der Waals surface area contributed by atoms with Gasteiger partial charge in [0.15, 0.2) is 5.82 Å². The van der Waals surface area contributed by atoms with E-state index >= 15 is 0 Å². The van der Waals surface area contributed by atoms with E-state index in [-0.39, 0.29) is 29.4 Å². The summed E-state index contributed by atoms with van der Waals surface area (Å²) >= 11 is 0. The van der Waals surface area contributed by atoms with Crippen LogP contribution in [0.25, 0.3) is 11.5 Å². The van der Waals surface area contributed by atoms with Crippen LogP contribution in [0, 0.1) is 0 Å². The van der Waals surface area contributed by atoms with Crippen LogP contribution in [-0.2, 0) is 16.4 Å². The molecule has 0 saturated carbocycles. The third kappa shape index (κ3) is 5.01. The average Bonchev–Trinajstić information content (AvgIpc) is 3.02. The molecule has 0 fully saturated rings. The van der Waals surface area contributed by atoms with Crippen molar-refractivity contribution in [2.75, 3.05) is 14.1 Å². The van der Waals surface area contributed by atoms with Gasteiger partial charge in [-0.1, -0.05) is 11.2 Å². The third-order valence-electron chi connectivity index (χ3n) is 3.93. The molecule has 1 aromatic carbocycles. The van der Waals surface area contributed by atoms with Gasteiger partial charge in [-0.3, -0.25) is 0 Å². The Bertz CT molecular complexity index is 792. The predicted molar refractivity (Wildman–Crippen MR) is 99.3 cm³/mol. The quantitative estimate of drug-likeness (QED) is 0.783. The molecule has 0 aliphatic heterocycles. The molecule has 0 amide bonds. The first-order chi connectivity index (χ1) is 11.3. The summed E-state index contributed by atoms with van der Waals surface area (Å²) in [4.78, 5) is 4.55. The molecule has 0 aliphatic carbocycles. The summed E-state index contributed by atoms with van der Waals surface area (Å²) in [6.45, 7) is 5.67. The number of hydrogen-bond acceptors (Lipinski definition) is 6. The molecular formula is C16H25ClN4O3S. The highest BCUT2D eigenvalue weighted by molar-refractivity contribution is 7.89. The van der Waals surface area contributed by atoms with Gasteiger partial charge in [-0.15, -0.1) is 12.4 Å². The normalized spacial score (nSPS) is 13.1. The second-order valence-electron chi connectivity index (χ2n) is 6.05. The van der Waals surface area contributed by atoms with Crippen LogP contribution in [0.2, 0.25) is 0 Å². The zero-order chi connectivity index (χ0) is 17.9. The minimum absolute atomic E-state index is 0. The lowest BCUT2D eigenvalue weighted by Crippen LogP contribution is -2.33. The van der Waals surface area contributed by atoms with E-state index in [1.807, 2.05) is 27.8 Å². The Kier molecular flexibility index (Phi) is 7.55. The molecule has 140 valence electrons. The van der Waals surface area contributed by atoms with Gasteiger partial charge < -0.3 is 9.84 Å². The van der Waals surface area contributed by atoms with Crippen molar-refractivity contribution in [2.45, 2.75) is 44.2 Å². The molecule has 0 spiro atoms. The Morgan fingerprint density at radius 3 is 2.56 bits per heavy atom. The van der Waals surface area contributed by atoms with E-state index < -0.39 is 10.0 Å². The Morgan fingerprint density at radius 2 is 1.96 bits per heavy atom. The summed E-state index contributed by atoms with van der Waals surface area (Å²) in [5.41, 5.74) is 0.587. The summed E-state index contributed by atoms with van der Waals surface area (Å²) in [5.74, 6) is 0.900. The summed E-state index contributed by atoms with van der Waals surface area (Å²) in [5, 5.41) is 7.06. The van der Waals surface area contributed by atoms with E-state index in [4.69, 9.17) is 4.52 Å². The lowest BCUT2D eigenvalue weighted by molar-refractivity contribution is 0.410. The monoisotopic (exact) mass is 388 g/mol. The minimum Gasteiger partial charge on any atom is -0.334 e. The first-order valence-electron chi connectivity index (χ1n) is 7.84. The molecule has 1 N–H and O–H groups in total. The first-order valence-corrected chi connectivity index (χ1v) is 9.28. The van der Waals surface area contributed by atoms with Gasteiger partial charge in [-0.2, -0.15) is 9.29 Å². The second-order valence-corrected chi connectivity index (χ2v) is 8.05. The number of benzene rings is 1. The fourth-order valence-corrected chi connectivity index (χ4v) is 3.48. The third-order valence-corrected chi connectivity index (χ3v) is 5.96. The van der Waals surface area contributed by atoms with Crippen molar-refractivity contribution in [3.05, 3.63) is 30.1 Å². The van der Waals surface area contributed by atoms with Crippen molar-refractivity contribution in [3.8, 4) is 11.5 Å². The van der Waals surface area contributed by atoms with E-state index in [9.17, 15) is 8.42 Å². The predicted octanol–water partition coefficient (Wildman–Crippen LogP) is 2.34. The number of aromatic nitrogens is 2. The molecule has 0 bridgehead atoms. The standard InChI is InChI=1S/C16H24N4O3S.ClH/c1-11(2)20(5)24(21,22)14-8-6-7-13(10-14)16-18-15(19-23-16)9-12(3)17-4;/h6-8,10-12,17H,9H2,1-5H3;1H. The molecule has 1 atom stereocenters. The van der Waals surface area contributed by atoms with E-state index in [1.165, 1.54) is 4.31 Å². The Hall–Kier alpha value is -1.48. The van der Waals surface area contributed by atoms with Crippen LogP contribution in [-0.4, -0.2) is 49.0 Å². The van der Waals surface area contributed by atoms with Crippen LogP contribution in [0.3, 0.4) is 0 Å². The highest BCUT2D eigenvalue weighted by atomic mass is 35.5. The number of likely N-dealkylation sites (N-methyl/N-ethyl adjacent to an activating group) is 1. The first kappa shape index (κ1) is 21.6. The van der Waals surface area contributed by atoms with Gasteiger partial charge in [0.05, 0.1) is 4.90 Å². The topological polar surface area (TPSA) is 88.3 Å². The maximum absolute atomic E-state index is 12.6. The van der Waals surface area contributed by atoms with Gasteiger partial charge in [-0.25, -0.2) is 8.42 Å². The van der Waals surface area contributed by atoms with Gasteiger partial charge in [0.1, 0.15) is 0 Å². The lowest BCUT2D eigenvalue weighted by Gasteiger charge is -2.21. The largest absolute Gasteiger partial charge is 0.334 e. The van der Waals surface area contributed by atoms with Crippen LogP contribution in [0.4, 0.5) is 0 Å². The van der Waals surface area contributed by atoms with Crippen LogP contribution in [0.1, 0.15) is 26.6 Å². The van der Waals surface area contributed by atoms with Crippen molar-refractivity contribution in [1.82, 2.24) is 19.8 Å². The van der Waals surface area contributed by atoms with E-state index in [0.29, 0.717) is 23.7 Å². The number of halogens is 1. The second kappa shape index (κ2) is 8.75. The molecule has 9 heteroatoms. The average molecular weight is 389 g/mol. The number of sulfonamides is 1.